The fourth-order valence-electron chi connectivity index (χ4n) is 3.67. The van der Waals surface area contributed by atoms with Crippen LogP contribution in [-0.2, 0) is 6.54 Å². The van der Waals surface area contributed by atoms with Gasteiger partial charge in [0, 0.05) is 51.9 Å². The molecule has 150 valence electrons. The van der Waals surface area contributed by atoms with Crippen LogP contribution in [0.3, 0.4) is 0 Å². The second-order valence-electron chi connectivity index (χ2n) is 7.84. The van der Waals surface area contributed by atoms with Crippen molar-refractivity contribution in [3.63, 3.8) is 0 Å². The highest BCUT2D eigenvalue weighted by atomic mass is 16.2. The molecule has 1 aromatic heterocycles. The Kier molecular flexibility index (Phi) is 6.49. The monoisotopic (exact) mass is 381 g/mol. The Morgan fingerprint density at radius 2 is 1.96 bits per heavy atom. The van der Waals surface area contributed by atoms with Crippen LogP contribution >= 0.6 is 0 Å². The Morgan fingerprint density at radius 1 is 1.21 bits per heavy atom. The molecule has 0 N–H and O–H groups in total. The molecule has 1 unspecified atom stereocenters. The maximum Gasteiger partial charge on any atom is 0.253 e. The minimum atomic E-state index is 0.0232. The number of carbonyl (C=O) groups is 1. The van der Waals surface area contributed by atoms with Crippen LogP contribution in [0.1, 0.15) is 42.6 Å². The quantitative estimate of drug-likeness (QED) is 0.767. The largest absolute Gasteiger partial charge is 0.356 e. The first-order valence-corrected chi connectivity index (χ1v) is 10.1. The van der Waals surface area contributed by atoms with Gasteiger partial charge < -0.3 is 14.7 Å². The molecule has 3 rings (SSSR count). The number of hydrogen-bond acceptors (Lipinski definition) is 5. The molecular formula is C22H31N5O. The molecule has 0 saturated carbocycles. The van der Waals surface area contributed by atoms with Crippen LogP contribution in [0.2, 0.25) is 0 Å². The second-order valence-corrected chi connectivity index (χ2v) is 7.84. The van der Waals surface area contributed by atoms with Crippen molar-refractivity contribution < 1.29 is 4.79 Å². The van der Waals surface area contributed by atoms with E-state index in [4.69, 9.17) is 0 Å². The predicted molar refractivity (Wildman–Crippen MR) is 114 cm³/mol. The number of benzene rings is 1. The molecule has 0 aliphatic carbocycles. The van der Waals surface area contributed by atoms with Gasteiger partial charge >= 0.3 is 0 Å². The highest BCUT2D eigenvalue weighted by Gasteiger charge is 2.19. The summed E-state index contributed by atoms with van der Waals surface area (Å²) in [7, 11) is 3.54. The SMILES string of the molecule is CCN(Cc1ccc(C(=O)N(C)C)cc1)c1cc(N2CCCC(C)C2)ncn1. The van der Waals surface area contributed by atoms with Gasteiger partial charge in [-0.2, -0.15) is 0 Å². The van der Waals surface area contributed by atoms with Gasteiger partial charge in [-0.15, -0.1) is 0 Å². The van der Waals surface area contributed by atoms with E-state index in [2.05, 4.69) is 39.7 Å². The van der Waals surface area contributed by atoms with E-state index in [1.165, 1.54) is 12.8 Å². The zero-order valence-corrected chi connectivity index (χ0v) is 17.4. The van der Waals surface area contributed by atoms with Crippen molar-refractivity contribution in [3.8, 4) is 0 Å². The number of rotatable bonds is 6. The first-order chi connectivity index (χ1) is 13.5. The highest BCUT2D eigenvalue weighted by Crippen LogP contribution is 2.24. The lowest BCUT2D eigenvalue weighted by Crippen LogP contribution is -2.35. The summed E-state index contributed by atoms with van der Waals surface area (Å²) in [5.74, 6) is 2.69. The topological polar surface area (TPSA) is 52.6 Å². The molecule has 1 aliphatic rings. The Bertz CT molecular complexity index is 790. The Balaban J connectivity index is 1.73. The van der Waals surface area contributed by atoms with E-state index in [9.17, 15) is 4.79 Å². The summed E-state index contributed by atoms with van der Waals surface area (Å²) in [5.41, 5.74) is 1.87. The van der Waals surface area contributed by atoms with E-state index in [1.807, 2.05) is 24.3 Å². The van der Waals surface area contributed by atoms with Crippen molar-refractivity contribution in [2.75, 3.05) is 43.5 Å². The van der Waals surface area contributed by atoms with Crippen LogP contribution in [0, 0.1) is 5.92 Å². The minimum Gasteiger partial charge on any atom is -0.356 e. The van der Waals surface area contributed by atoms with Crippen LogP contribution in [0.5, 0.6) is 0 Å². The van der Waals surface area contributed by atoms with Crippen LogP contribution in [0.25, 0.3) is 0 Å². The van der Waals surface area contributed by atoms with Crippen molar-refractivity contribution in [1.29, 1.82) is 0 Å². The lowest BCUT2D eigenvalue weighted by atomic mass is 10.0. The molecule has 28 heavy (non-hydrogen) atoms. The molecule has 2 heterocycles. The van der Waals surface area contributed by atoms with E-state index in [-0.39, 0.29) is 5.91 Å². The molecule has 0 spiro atoms. The minimum absolute atomic E-state index is 0.0232. The summed E-state index contributed by atoms with van der Waals surface area (Å²) < 4.78 is 0. The van der Waals surface area contributed by atoms with Gasteiger partial charge in [-0.1, -0.05) is 19.1 Å². The Labute approximate surface area is 168 Å². The molecule has 6 heteroatoms. The third-order valence-electron chi connectivity index (χ3n) is 5.31. The standard InChI is InChI=1S/C22H31N5O/c1-5-26(15-18-8-10-19(11-9-18)22(28)25(3)4)20-13-21(24-16-23-20)27-12-6-7-17(2)14-27/h8-11,13,16-17H,5-7,12,14-15H2,1-4H3. The summed E-state index contributed by atoms with van der Waals surface area (Å²) in [6.07, 6.45) is 4.18. The van der Waals surface area contributed by atoms with Gasteiger partial charge in [-0.25, -0.2) is 9.97 Å². The summed E-state index contributed by atoms with van der Waals surface area (Å²) in [6, 6.07) is 9.94. The van der Waals surface area contributed by atoms with Crippen LogP contribution in [0.4, 0.5) is 11.6 Å². The number of nitrogens with zero attached hydrogens (tertiary/aromatic N) is 5. The van der Waals surface area contributed by atoms with E-state index in [1.54, 1.807) is 25.3 Å². The average Bonchev–Trinajstić information content (AvgIpc) is 2.72. The summed E-state index contributed by atoms with van der Waals surface area (Å²) in [6.45, 7) is 8.16. The summed E-state index contributed by atoms with van der Waals surface area (Å²) in [5, 5.41) is 0. The van der Waals surface area contributed by atoms with Crippen LogP contribution in [-0.4, -0.2) is 54.5 Å². The molecule has 1 amide bonds. The smallest absolute Gasteiger partial charge is 0.253 e. The van der Waals surface area contributed by atoms with E-state index in [0.29, 0.717) is 11.5 Å². The fraction of sp³-hybridized carbons (Fsp3) is 0.500. The normalized spacial score (nSPS) is 16.7. The third kappa shape index (κ3) is 4.80. The van der Waals surface area contributed by atoms with Gasteiger partial charge in [0.25, 0.3) is 5.91 Å². The second kappa shape index (κ2) is 9.04. The summed E-state index contributed by atoms with van der Waals surface area (Å²) in [4.78, 5) is 27.3. The third-order valence-corrected chi connectivity index (χ3v) is 5.31. The summed E-state index contributed by atoms with van der Waals surface area (Å²) >= 11 is 0. The molecule has 6 nitrogen and oxygen atoms in total. The molecule has 0 bridgehead atoms. The van der Waals surface area contributed by atoms with E-state index < -0.39 is 0 Å². The Morgan fingerprint density at radius 3 is 2.61 bits per heavy atom. The first kappa shape index (κ1) is 20.1. The number of anilines is 2. The molecule has 1 fully saturated rings. The van der Waals surface area contributed by atoms with Crippen molar-refractivity contribution in [2.45, 2.75) is 33.2 Å². The van der Waals surface area contributed by atoms with Gasteiger partial charge in [-0.05, 0) is 43.4 Å². The molecule has 1 aromatic carbocycles. The average molecular weight is 382 g/mol. The molecule has 1 atom stereocenters. The van der Waals surface area contributed by atoms with Gasteiger partial charge in [-0.3, -0.25) is 4.79 Å². The number of amides is 1. The van der Waals surface area contributed by atoms with Crippen LogP contribution < -0.4 is 9.80 Å². The van der Waals surface area contributed by atoms with Crippen molar-refractivity contribution in [3.05, 3.63) is 47.8 Å². The van der Waals surface area contributed by atoms with Gasteiger partial charge in [0.2, 0.25) is 0 Å². The number of carbonyl (C=O) groups excluding carboxylic acids is 1. The van der Waals surface area contributed by atoms with Crippen molar-refractivity contribution in [1.82, 2.24) is 14.9 Å². The zero-order chi connectivity index (χ0) is 20.1. The highest BCUT2D eigenvalue weighted by molar-refractivity contribution is 5.93. The molecule has 2 aromatic rings. The zero-order valence-electron chi connectivity index (χ0n) is 17.4. The lowest BCUT2D eigenvalue weighted by molar-refractivity contribution is 0.0827. The molecule has 1 saturated heterocycles. The maximum absolute atomic E-state index is 12.1. The van der Waals surface area contributed by atoms with Crippen LogP contribution in [0.15, 0.2) is 36.7 Å². The molecule has 0 radical (unpaired) electrons. The molecule has 1 aliphatic heterocycles. The van der Waals surface area contributed by atoms with Crippen molar-refractivity contribution >= 4 is 17.5 Å². The number of hydrogen-bond donors (Lipinski definition) is 0. The first-order valence-electron chi connectivity index (χ1n) is 10.1. The van der Waals surface area contributed by atoms with Gasteiger partial charge in [0.1, 0.15) is 18.0 Å². The Hall–Kier alpha value is -2.63. The van der Waals surface area contributed by atoms with E-state index in [0.717, 1.165) is 43.4 Å². The van der Waals surface area contributed by atoms with Gasteiger partial charge in [0.15, 0.2) is 0 Å². The van der Waals surface area contributed by atoms with Gasteiger partial charge in [0.05, 0.1) is 0 Å². The van der Waals surface area contributed by atoms with E-state index >= 15 is 0 Å². The number of aromatic nitrogens is 2. The fourth-order valence-corrected chi connectivity index (χ4v) is 3.67. The molecular weight excluding hydrogens is 350 g/mol. The van der Waals surface area contributed by atoms with Crippen molar-refractivity contribution in [2.24, 2.45) is 5.92 Å². The predicted octanol–water partition coefficient (Wildman–Crippen LogP) is 3.44. The maximum atomic E-state index is 12.1. The lowest BCUT2D eigenvalue weighted by Gasteiger charge is -2.32. The number of piperidine rings is 1.